The van der Waals surface area contributed by atoms with E-state index in [9.17, 15) is 9.18 Å². The average Bonchev–Trinajstić information content (AvgIpc) is 2.48. The molecule has 2 rings (SSSR count). The number of rotatable bonds is 2. The van der Waals surface area contributed by atoms with Crippen molar-refractivity contribution in [3.63, 3.8) is 0 Å². The normalized spacial score (nSPS) is 10.7. The molecule has 0 atom stereocenters. The van der Waals surface area contributed by atoms with Crippen LogP contribution in [0, 0.1) is 5.82 Å². The van der Waals surface area contributed by atoms with Crippen LogP contribution in [0.3, 0.4) is 0 Å². The van der Waals surface area contributed by atoms with Gasteiger partial charge in [0, 0.05) is 24.5 Å². The van der Waals surface area contributed by atoms with Crippen molar-refractivity contribution >= 4 is 17.2 Å². The largest absolute Gasteiger partial charge is 0.347 e. The van der Waals surface area contributed by atoms with Gasteiger partial charge in [-0.2, -0.15) is 0 Å². The molecule has 0 radical (unpaired) electrons. The molecule has 0 aliphatic rings. The van der Waals surface area contributed by atoms with E-state index in [2.05, 4.69) is 0 Å². The van der Waals surface area contributed by atoms with E-state index in [0.29, 0.717) is 11.8 Å². The van der Waals surface area contributed by atoms with Gasteiger partial charge < -0.3 is 9.36 Å². The van der Waals surface area contributed by atoms with Gasteiger partial charge in [-0.25, -0.2) is 4.39 Å². The molecular weight excluding hydrogens is 181 g/mol. The van der Waals surface area contributed by atoms with Crippen molar-refractivity contribution < 1.29 is 9.18 Å². The maximum Gasteiger partial charge on any atom is 0.132 e. The Morgan fingerprint density at radius 2 is 2.29 bits per heavy atom. The van der Waals surface area contributed by atoms with Gasteiger partial charge >= 0.3 is 0 Å². The number of fused-ring (bicyclic) bond motifs is 1. The second kappa shape index (κ2) is 3.25. The molecule has 14 heavy (non-hydrogen) atoms. The van der Waals surface area contributed by atoms with Crippen LogP contribution in [0.2, 0.25) is 0 Å². The molecule has 1 aromatic heterocycles. The van der Waals surface area contributed by atoms with Crippen LogP contribution < -0.4 is 0 Å². The first-order chi connectivity index (χ1) is 6.74. The van der Waals surface area contributed by atoms with Gasteiger partial charge in [0.1, 0.15) is 12.1 Å². The van der Waals surface area contributed by atoms with Gasteiger partial charge in [-0.1, -0.05) is 6.07 Å². The third-order valence-electron chi connectivity index (χ3n) is 2.43. The molecule has 0 aliphatic carbocycles. The lowest BCUT2D eigenvalue weighted by Gasteiger charge is -1.99. The first kappa shape index (κ1) is 8.94. The van der Waals surface area contributed by atoms with E-state index >= 15 is 0 Å². The molecule has 0 aliphatic heterocycles. The number of aryl methyl sites for hydroxylation is 1. The number of hydrogen-bond donors (Lipinski definition) is 0. The van der Waals surface area contributed by atoms with Gasteiger partial charge in [-0.3, -0.25) is 0 Å². The van der Waals surface area contributed by atoms with Crippen molar-refractivity contribution in [1.29, 1.82) is 0 Å². The van der Waals surface area contributed by atoms with Crippen molar-refractivity contribution in [2.24, 2.45) is 7.05 Å². The van der Waals surface area contributed by atoms with Crippen molar-refractivity contribution in [3.05, 3.63) is 35.8 Å². The Labute approximate surface area is 81.0 Å². The molecule has 0 fully saturated rings. The molecule has 1 aromatic carbocycles. The van der Waals surface area contributed by atoms with Crippen LogP contribution in [0.1, 0.15) is 5.69 Å². The molecule has 0 spiro atoms. The predicted octanol–water partition coefficient (Wildman–Crippen LogP) is 2.06. The first-order valence-corrected chi connectivity index (χ1v) is 4.40. The summed E-state index contributed by atoms with van der Waals surface area (Å²) in [5.41, 5.74) is 1.65. The van der Waals surface area contributed by atoms with Gasteiger partial charge in [0.25, 0.3) is 0 Å². The summed E-state index contributed by atoms with van der Waals surface area (Å²) in [6.07, 6.45) is 1.15. The number of carbonyl (C=O) groups excluding carboxylic acids is 1. The van der Waals surface area contributed by atoms with Crippen LogP contribution >= 0.6 is 0 Å². The van der Waals surface area contributed by atoms with Gasteiger partial charge in [-0.15, -0.1) is 0 Å². The minimum absolute atomic E-state index is 0.241. The smallest absolute Gasteiger partial charge is 0.132 e. The second-order valence-electron chi connectivity index (χ2n) is 3.24. The number of aldehydes is 1. The lowest BCUT2D eigenvalue weighted by Crippen LogP contribution is -1.96. The fraction of sp³-hybridized carbons (Fsp3) is 0.182. The van der Waals surface area contributed by atoms with Crippen molar-refractivity contribution in [1.82, 2.24) is 4.57 Å². The molecule has 1 heterocycles. The van der Waals surface area contributed by atoms with Crippen LogP contribution in [0.25, 0.3) is 10.9 Å². The molecule has 2 nitrogen and oxygen atoms in total. The quantitative estimate of drug-likeness (QED) is 0.666. The number of hydrogen-bond acceptors (Lipinski definition) is 1. The SMILES string of the molecule is Cn1c(CC=O)cc2c(F)cccc21. The Morgan fingerprint density at radius 1 is 1.50 bits per heavy atom. The maximum atomic E-state index is 13.3. The van der Waals surface area contributed by atoms with Crippen LogP contribution in [0.5, 0.6) is 0 Å². The molecular formula is C11H10FNO. The third kappa shape index (κ3) is 1.21. The zero-order chi connectivity index (χ0) is 10.1. The molecule has 0 amide bonds. The molecule has 0 bridgehead atoms. The number of nitrogens with zero attached hydrogens (tertiary/aromatic N) is 1. The first-order valence-electron chi connectivity index (χ1n) is 4.40. The van der Waals surface area contributed by atoms with Gasteiger partial charge in [0.05, 0.1) is 5.52 Å². The average molecular weight is 191 g/mol. The fourth-order valence-corrected chi connectivity index (χ4v) is 1.66. The van der Waals surface area contributed by atoms with Gasteiger partial charge in [0.15, 0.2) is 0 Å². The van der Waals surface area contributed by atoms with E-state index in [0.717, 1.165) is 17.5 Å². The fourth-order valence-electron chi connectivity index (χ4n) is 1.66. The number of carbonyl (C=O) groups is 1. The number of halogens is 1. The van der Waals surface area contributed by atoms with E-state index in [-0.39, 0.29) is 5.82 Å². The Hall–Kier alpha value is -1.64. The summed E-state index contributed by atoms with van der Waals surface area (Å²) in [6.45, 7) is 0. The van der Waals surface area contributed by atoms with Crippen molar-refractivity contribution in [2.75, 3.05) is 0 Å². The van der Waals surface area contributed by atoms with E-state index < -0.39 is 0 Å². The van der Waals surface area contributed by atoms with E-state index in [1.165, 1.54) is 6.07 Å². The van der Waals surface area contributed by atoms with Crippen molar-refractivity contribution in [2.45, 2.75) is 6.42 Å². The van der Waals surface area contributed by atoms with Crippen LogP contribution in [-0.2, 0) is 18.3 Å². The van der Waals surface area contributed by atoms with E-state index in [1.807, 2.05) is 17.7 Å². The molecule has 72 valence electrons. The highest BCUT2D eigenvalue weighted by atomic mass is 19.1. The predicted molar refractivity (Wildman–Crippen MR) is 52.6 cm³/mol. The second-order valence-corrected chi connectivity index (χ2v) is 3.24. The third-order valence-corrected chi connectivity index (χ3v) is 2.43. The summed E-state index contributed by atoms with van der Waals surface area (Å²) in [7, 11) is 1.83. The summed E-state index contributed by atoms with van der Waals surface area (Å²) >= 11 is 0. The molecule has 0 saturated heterocycles. The molecule has 2 aromatic rings. The molecule has 0 saturated carbocycles. The Morgan fingerprint density at radius 3 is 2.93 bits per heavy atom. The van der Waals surface area contributed by atoms with Crippen molar-refractivity contribution in [3.8, 4) is 0 Å². The zero-order valence-electron chi connectivity index (χ0n) is 7.83. The summed E-state index contributed by atoms with van der Waals surface area (Å²) in [6, 6.07) is 6.65. The lowest BCUT2D eigenvalue weighted by molar-refractivity contribution is -0.107. The molecule has 0 N–H and O–H groups in total. The van der Waals surface area contributed by atoms with Crippen LogP contribution in [0.4, 0.5) is 4.39 Å². The Kier molecular flexibility index (Phi) is 2.08. The van der Waals surface area contributed by atoms with E-state index in [4.69, 9.17) is 0 Å². The van der Waals surface area contributed by atoms with Crippen LogP contribution in [-0.4, -0.2) is 10.9 Å². The minimum atomic E-state index is -0.241. The standard InChI is InChI=1S/C11H10FNO/c1-13-8(5-6-14)7-9-10(12)3-2-4-11(9)13/h2-4,6-7H,5H2,1H3. The monoisotopic (exact) mass is 191 g/mol. The lowest BCUT2D eigenvalue weighted by atomic mass is 10.2. The Bertz CT molecular complexity index is 487. The highest BCUT2D eigenvalue weighted by Crippen LogP contribution is 2.21. The van der Waals surface area contributed by atoms with Gasteiger partial charge in [0.2, 0.25) is 0 Å². The topological polar surface area (TPSA) is 22.0 Å². The highest BCUT2D eigenvalue weighted by molar-refractivity contribution is 5.82. The summed E-state index contributed by atoms with van der Waals surface area (Å²) in [5.74, 6) is -0.241. The van der Waals surface area contributed by atoms with E-state index in [1.54, 1.807) is 12.1 Å². The highest BCUT2D eigenvalue weighted by Gasteiger charge is 2.07. The maximum absolute atomic E-state index is 13.3. The minimum Gasteiger partial charge on any atom is -0.347 e. The Balaban J connectivity index is 2.72. The van der Waals surface area contributed by atoms with Crippen LogP contribution in [0.15, 0.2) is 24.3 Å². The van der Waals surface area contributed by atoms with Gasteiger partial charge in [-0.05, 0) is 18.2 Å². The molecule has 3 heteroatoms. The summed E-state index contributed by atoms with van der Waals surface area (Å²) in [4.78, 5) is 10.4. The summed E-state index contributed by atoms with van der Waals surface area (Å²) < 4.78 is 15.2. The molecule has 0 unspecified atom stereocenters. The zero-order valence-corrected chi connectivity index (χ0v) is 7.83. The number of aromatic nitrogens is 1. The summed E-state index contributed by atoms with van der Waals surface area (Å²) in [5, 5.41) is 0.576. The number of benzene rings is 1.